The molecule has 3 nitrogen and oxygen atoms in total. The fourth-order valence-corrected chi connectivity index (χ4v) is 3.09. The lowest BCUT2D eigenvalue weighted by atomic mass is 10.0. The molecule has 0 aliphatic carbocycles. The molecule has 2 aromatic heterocycles. The summed E-state index contributed by atoms with van der Waals surface area (Å²) >= 11 is 1.60. The molecule has 0 aliphatic rings. The Morgan fingerprint density at radius 1 is 1.20 bits per heavy atom. The van der Waals surface area contributed by atoms with Gasteiger partial charge in [0.05, 0.1) is 5.56 Å². The highest BCUT2D eigenvalue weighted by atomic mass is 32.1. The summed E-state index contributed by atoms with van der Waals surface area (Å²) in [5.41, 5.74) is 10.1. The van der Waals surface area contributed by atoms with Gasteiger partial charge >= 0.3 is 0 Å². The van der Waals surface area contributed by atoms with E-state index in [1.165, 1.54) is 6.07 Å². The minimum Gasteiger partial charge on any atom is -0.383 e. The molecule has 3 rings (SSSR count). The summed E-state index contributed by atoms with van der Waals surface area (Å²) in [4.78, 5) is 0. The van der Waals surface area contributed by atoms with E-state index in [9.17, 15) is 4.39 Å². The van der Waals surface area contributed by atoms with E-state index in [1.54, 1.807) is 41.3 Å². The average Bonchev–Trinajstić information content (AvgIpc) is 2.96. The maximum Gasteiger partial charge on any atom is 0.131 e. The minimum atomic E-state index is -0.290. The zero-order valence-corrected chi connectivity index (χ0v) is 12.0. The third-order valence-corrected chi connectivity index (χ3v) is 4.21. The van der Waals surface area contributed by atoms with Gasteiger partial charge in [-0.2, -0.15) is 16.4 Å². The highest BCUT2D eigenvalue weighted by Crippen LogP contribution is 2.39. The number of rotatable bonds is 2. The lowest BCUT2D eigenvalue weighted by molar-refractivity contribution is 0.631. The molecule has 2 heterocycles. The van der Waals surface area contributed by atoms with Crippen molar-refractivity contribution in [2.75, 3.05) is 5.73 Å². The van der Waals surface area contributed by atoms with Crippen LogP contribution in [-0.2, 0) is 7.05 Å². The lowest BCUT2D eigenvalue weighted by Crippen LogP contribution is -1.98. The van der Waals surface area contributed by atoms with Crippen molar-refractivity contribution in [3.8, 4) is 22.4 Å². The van der Waals surface area contributed by atoms with E-state index in [-0.39, 0.29) is 5.82 Å². The van der Waals surface area contributed by atoms with E-state index >= 15 is 0 Å². The van der Waals surface area contributed by atoms with E-state index in [0.29, 0.717) is 16.9 Å². The number of nitrogens with two attached hydrogens (primary N) is 1. The molecule has 0 saturated carbocycles. The van der Waals surface area contributed by atoms with Gasteiger partial charge in [-0.25, -0.2) is 4.39 Å². The SMILES string of the molecule is Cc1cscc1-c1nn(C)c(N)c1-c1ccccc1F. The van der Waals surface area contributed by atoms with Gasteiger partial charge in [0.15, 0.2) is 0 Å². The van der Waals surface area contributed by atoms with Crippen molar-refractivity contribution in [1.82, 2.24) is 9.78 Å². The van der Waals surface area contributed by atoms with Crippen molar-refractivity contribution < 1.29 is 4.39 Å². The summed E-state index contributed by atoms with van der Waals surface area (Å²) < 4.78 is 15.7. The number of nitrogen functional groups attached to an aromatic ring is 1. The highest BCUT2D eigenvalue weighted by molar-refractivity contribution is 7.08. The monoisotopic (exact) mass is 287 g/mol. The Balaban J connectivity index is 2.31. The standard InChI is InChI=1S/C15H14FN3S/c1-9-7-20-8-11(9)14-13(15(17)19(2)18-14)10-5-3-4-6-12(10)16/h3-8H,17H2,1-2H3. The van der Waals surface area contributed by atoms with E-state index in [1.807, 2.05) is 17.7 Å². The van der Waals surface area contributed by atoms with Crippen LogP contribution in [0.3, 0.4) is 0 Å². The van der Waals surface area contributed by atoms with Gasteiger partial charge in [0.25, 0.3) is 0 Å². The molecule has 0 saturated heterocycles. The first kappa shape index (κ1) is 12.9. The molecule has 0 radical (unpaired) electrons. The van der Waals surface area contributed by atoms with E-state index in [2.05, 4.69) is 5.10 Å². The molecule has 102 valence electrons. The van der Waals surface area contributed by atoms with Crippen molar-refractivity contribution in [2.45, 2.75) is 6.92 Å². The van der Waals surface area contributed by atoms with Crippen LogP contribution in [0.15, 0.2) is 35.0 Å². The van der Waals surface area contributed by atoms with Gasteiger partial charge in [0, 0.05) is 23.6 Å². The number of hydrogen-bond acceptors (Lipinski definition) is 3. The lowest BCUT2D eigenvalue weighted by Gasteiger charge is -2.05. The second-order valence-corrected chi connectivity index (χ2v) is 5.42. The first-order valence-corrected chi connectivity index (χ1v) is 7.14. The van der Waals surface area contributed by atoms with Crippen molar-refractivity contribution in [1.29, 1.82) is 0 Å². The molecule has 0 unspecified atom stereocenters. The van der Waals surface area contributed by atoms with Crippen molar-refractivity contribution in [3.05, 3.63) is 46.4 Å². The van der Waals surface area contributed by atoms with E-state index in [0.717, 1.165) is 16.8 Å². The molecule has 0 spiro atoms. The second-order valence-electron chi connectivity index (χ2n) is 4.68. The van der Waals surface area contributed by atoms with Crippen LogP contribution in [-0.4, -0.2) is 9.78 Å². The predicted molar refractivity (Wildman–Crippen MR) is 81.1 cm³/mol. The summed E-state index contributed by atoms with van der Waals surface area (Å²) in [6.07, 6.45) is 0. The van der Waals surface area contributed by atoms with Crippen LogP contribution in [0.4, 0.5) is 10.2 Å². The molecule has 0 amide bonds. The molecule has 3 aromatic rings. The third-order valence-electron chi connectivity index (χ3n) is 3.35. The Morgan fingerprint density at radius 2 is 1.95 bits per heavy atom. The molecule has 2 N–H and O–H groups in total. The molecule has 5 heteroatoms. The zero-order valence-electron chi connectivity index (χ0n) is 11.2. The number of hydrogen-bond donors (Lipinski definition) is 1. The first-order chi connectivity index (χ1) is 9.59. The van der Waals surface area contributed by atoms with E-state index in [4.69, 9.17) is 5.73 Å². The van der Waals surface area contributed by atoms with Crippen LogP contribution < -0.4 is 5.73 Å². The van der Waals surface area contributed by atoms with Crippen LogP contribution in [0.2, 0.25) is 0 Å². The number of aryl methyl sites for hydroxylation is 2. The van der Waals surface area contributed by atoms with E-state index < -0.39 is 0 Å². The minimum absolute atomic E-state index is 0.290. The number of anilines is 1. The van der Waals surface area contributed by atoms with Gasteiger partial charge in [-0.15, -0.1) is 0 Å². The average molecular weight is 287 g/mol. The fraction of sp³-hybridized carbons (Fsp3) is 0.133. The van der Waals surface area contributed by atoms with Crippen LogP contribution in [0.25, 0.3) is 22.4 Å². The number of thiophene rings is 1. The highest BCUT2D eigenvalue weighted by Gasteiger charge is 2.21. The summed E-state index contributed by atoms with van der Waals surface area (Å²) in [5, 5.41) is 8.52. The Bertz CT molecular complexity index is 773. The predicted octanol–water partition coefficient (Wildman–Crippen LogP) is 3.85. The van der Waals surface area contributed by atoms with Crippen LogP contribution in [0, 0.1) is 12.7 Å². The number of halogens is 1. The summed E-state index contributed by atoms with van der Waals surface area (Å²) in [6.45, 7) is 2.02. The third kappa shape index (κ3) is 1.91. The smallest absolute Gasteiger partial charge is 0.131 e. The molecule has 1 aromatic carbocycles. The second kappa shape index (κ2) is 4.76. The Labute approximate surface area is 120 Å². The van der Waals surface area contributed by atoms with Crippen LogP contribution in [0.5, 0.6) is 0 Å². The summed E-state index contributed by atoms with van der Waals surface area (Å²) in [5.74, 6) is 0.178. The zero-order chi connectivity index (χ0) is 14.3. The molecule has 0 atom stereocenters. The normalized spacial score (nSPS) is 10.9. The maximum atomic E-state index is 14.1. The van der Waals surface area contributed by atoms with Crippen LogP contribution >= 0.6 is 11.3 Å². The first-order valence-electron chi connectivity index (χ1n) is 6.20. The molecular formula is C15H14FN3S. The van der Waals surface area contributed by atoms with Gasteiger partial charge in [0.2, 0.25) is 0 Å². The number of aromatic nitrogens is 2. The van der Waals surface area contributed by atoms with Crippen molar-refractivity contribution >= 4 is 17.2 Å². The van der Waals surface area contributed by atoms with Gasteiger partial charge in [-0.1, -0.05) is 18.2 Å². The summed E-state index contributed by atoms with van der Waals surface area (Å²) in [7, 11) is 1.77. The number of benzene rings is 1. The fourth-order valence-electron chi connectivity index (χ4n) is 2.26. The van der Waals surface area contributed by atoms with Crippen LogP contribution in [0.1, 0.15) is 5.56 Å². The van der Waals surface area contributed by atoms with Crippen molar-refractivity contribution in [3.63, 3.8) is 0 Å². The Morgan fingerprint density at radius 3 is 2.60 bits per heavy atom. The molecular weight excluding hydrogens is 273 g/mol. The Kier molecular flexibility index (Phi) is 3.06. The van der Waals surface area contributed by atoms with Crippen molar-refractivity contribution in [2.24, 2.45) is 7.05 Å². The molecule has 20 heavy (non-hydrogen) atoms. The van der Waals surface area contributed by atoms with Gasteiger partial charge < -0.3 is 5.73 Å². The van der Waals surface area contributed by atoms with Gasteiger partial charge in [0.1, 0.15) is 17.3 Å². The quantitative estimate of drug-likeness (QED) is 0.778. The topological polar surface area (TPSA) is 43.8 Å². The Hall–Kier alpha value is -2.14. The molecule has 0 bridgehead atoms. The maximum absolute atomic E-state index is 14.1. The summed E-state index contributed by atoms with van der Waals surface area (Å²) in [6, 6.07) is 6.63. The molecule has 0 aliphatic heterocycles. The van der Waals surface area contributed by atoms with Gasteiger partial charge in [-0.3, -0.25) is 4.68 Å². The molecule has 0 fully saturated rings. The largest absolute Gasteiger partial charge is 0.383 e. The number of nitrogens with zero attached hydrogens (tertiary/aromatic N) is 2. The van der Waals surface area contributed by atoms with Gasteiger partial charge in [-0.05, 0) is 23.9 Å².